The summed E-state index contributed by atoms with van der Waals surface area (Å²) in [6, 6.07) is 3.94. The van der Waals surface area contributed by atoms with E-state index >= 15 is 0 Å². The molecule has 0 aromatic carbocycles. The van der Waals surface area contributed by atoms with Crippen LogP contribution in [0.4, 0.5) is 0 Å². The zero-order chi connectivity index (χ0) is 7.68. The smallest absolute Gasteiger partial charge is 0.213 e. The highest BCUT2D eigenvalue weighted by Crippen LogP contribution is 2.25. The molecule has 0 N–H and O–H groups in total. The van der Waals surface area contributed by atoms with Crippen LogP contribution in [-0.4, -0.2) is 11.1 Å². The van der Waals surface area contributed by atoms with Gasteiger partial charge in [0.25, 0.3) is 0 Å². The standard InChI is InChI=1S/C9H11NO/c1-7-4-5-10-9(6-7)11-8-2-3-8/h4-6,8H,2-3H2,1H3. The van der Waals surface area contributed by atoms with Crippen LogP contribution >= 0.6 is 0 Å². The maximum absolute atomic E-state index is 5.50. The number of pyridine rings is 1. The maximum Gasteiger partial charge on any atom is 0.213 e. The summed E-state index contributed by atoms with van der Waals surface area (Å²) in [6.45, 7) is 2.04. The van der Waals surface area contributed by atoms with Crippen LogP contribution in [0.15, 0.2) is 18.3 Å². The average molecular weight is 149 g/mol. The maximum atomic E-state index is 5.50. The Labute approximate surface area is 66.2 Å². The fourth-order valence-electron chi connectivity index (χ4n) is 0.930. The summed E-state index contributed by atoms with van der Waals surface area (Å²) in [4.78, 5) is 4.10. The molecule has 1 aliphatic rings. The van der Waals surface area contributed by atoms with Crippen molar-refractivity contribution in [1.29, 1.82) is 0 Å². The Balaban J connectivity index is 2.10. The normalized spacial score (nSPS) is 16.5. The second-order valence-electron chi connectivity index (χ2n) is 2.99. The molecule has 0 radical (unpaired) electrons. The molecule has 0 unspecified atom stereocenters. The van der Waals surface area contributed by atoms with E-state index in [9.17, 15) is 0 Å². The van der Waals surface area contributed by atoms with Crippen molar-refractivity contribution in [3.63, 3.8) is 0 Å². The minimum atomic E-state index is 0.448. The van der Waals surface area contributed by atoms with Gasteiger partial charge in [0.2, 0.25) is 5.88 Å². The molecule has 1 heterocycles. The molecule has 0 atom stereocenters. The Hall–Kier alpha value is -1.05. The SMILES string of the molecule is Cc1ccnc(OC2CC2)c1. The summed E-state index contributed by atoms with van der Waals surface area (Å²) in [5.41, 5.74) is 1.20. The fraction of sp³-hybridized carbons (Fsp3) is 0.444. The van der Waals surface area contributed by atoms with Gasteiger partial charge in [-0.1, -0.05) is 0 Å². The third kappa shape index (κ3) is 1.70. The largest absolute Gasteiger partial charge is 0.474 e. The first-order valence-electron chi connectivity index (χ1n) is 3.94. The van der Waals surface area contributed by atoms with Crippen LogP contribution < -0.4 is 4.74 Å². The fourth-order valence-corrected chi connectivity index (χ4v) is 0.930. The van der Waals surface area contributed by atoms with Crippen molar-refractivity contribution in [1.82, 2.24) is 4.98 Å². The summed E-state index contributed by atoms with van der Waals surface area (Å²) < 4.78 is 5.50. The van der Waals surface area contributed by atoms with Gasteiger partial charge in [-0.15, -0.1) is 0 Å². The lowest BCUT2D eigenvalue weighted by atomic mass is 10.3. The molecule has 2 rings (SSSR count). The predicted molar refractivity (Wildman–Crippen MR) is 42.6 cm³/mol. The molecule has 2 nitrogen and oxygen atoms in total. The number of nitrogens with zero attached hydrogens (tertiary/aromatic N) is 1. The molecule has 2 heteroatoms. The van der Waals surface area contributed by atoms with Gasteiger partial charge in [-0.3, -0.25) is 0 Å². The molecule has 11 heavy (non-hydrogen) atoms. The van der Waals surface area contributed by atoms with Gasteiger partial charge < -0.3 is 4.74 Å². The van der Waals surface area contributed by atoms with Gasteiger partial charge in [-0.05, 0) is 31.4 Å². The van der Waals surface area contributed by atoms with Crippen molar-refractivity contribution in [2.45, 2.75) is 25.9 Å². The first kappa shape index (κ1) is 6.65. The summed E-state index contributed by atoms with van der Waals surface area (Å²) in [6.07, 6.45) is 4.61. The number of aryl methyl sites for hydroxylation is 1. The van der Waals surface area contributed by atoms with Gasteiger partial charge in [0, 0.05) is 12.3 Å². The van der Waals surface area contributed by atoms with Gasteiger partial charge >= 0.3 is 0 Å². The Morgan fingerprint density at radius 1 is 1.55 bits per heavy atom. The van der Waals surface area contributed by atoms with Gasteiger partial charge in [-0.2, -0.15) is 0 Å². The van der Waals surface area contributed by atoms with Crippen molar-refractivity contribution < 1.29 is 4.74 Å². The first-order chi connectivity index (χ1) is 5.34. The molecule has 0 bridgehead atoms. The minimum Gasteiger partial charge on any atom is -0.474 e. The van der Waals surface area contributed by atoms with E-state index in [1.165, 1.54) is 18.4 Å². The number of aromatic nitrogens is 1. The lowest BCUT2D eigenvalue weighted by Gasteiger charge is -2.01. The number of rotatable bonds is 2. The molecule has 1 fully saturated rings. The van der Waals surface area contributed by atoms with Crippen LogP contribution in [0.1, 0.15) is 18.4 Å². The highest BCUT2D eigenvalue weighted by Gasteiger charge is 2.23. The van der Waals surface area contributed by atoms with Gasteiger partial charge in [0.05, 0.1) is 0 Å². The van der Waals surface area contributed by atoms with E-state index < -0.39 is 0 Å². The van der Waals surface area contributed by atoms with Gasteiger partial charge in [-0.25, -0.2) is 4.98 Å². The molecule has 0 amide bonds. The summed E-state index contributed by atoms with van der Waals surface area (Å²) in [5.74, 6) is 0.771. The summed E-state index contributed by atoms with van der Waals surface area (Å²) >= 11 is 0. The average Bonchev–Trinajstić information content (AvgIpc) is 2.71. The number of hydrogen-bond donors (Lipinski definition) is 0. The molecule has 1 aromatic rings. The Morgan fingerprint density at radius 3 is 3.00 bits per heavy atom. The van der Waals surface area contributed by atoms with Crippen LogP contribution in [0, 0.1) is 6.92 Å². The van der Waals surface area contributed by atoms with Crippen molar-refractivity contribution in [3.05, 3.63) is 23.9 Å². The van der Waals surface area contributed by atoms with E-state index in [-0.39, 0.29) is 0 Å². The minimum absolute atomic E-state index is 0.448. The topological polar surface area (TPSA) is 22.1 Å². The van der Waals surface area contributed by atoms with Gasteiger partial charge in [0.15, 0.2) is 0 Å². The second kappa shape index (κ2) is 2.53. The van der Waals surface area contributed by atoms with E-state index in [2.05, 4.69) is 4.98 Å². The van der Waals surface area contributed by atoms with E-state index in [1.54, 1.807) is 6.20 Å². The summed E-state index contributed by atoms with van der Waals surface area (Å²) in [7, 11) is 0. The Kier molecular flexibility index (Phi) is 1.53. The molecule has 1 aliphatic carbocycles. The molecular formula is C9H11NO. The Bertz CT molecular complexity index is 255. The van der Waals surface area contributed by atoms with E-state index in [4.69, 9.17) is 4.74 Å². The van der Waals surface area contributed by atoms with Crippen LogP contribution in [-0.2, 0) is 0 Å². The number of hydrogen-bond acceptors (Lipinski definition) is 2. The zero-order valence-electron chi connectivity index (χ0n) is 6.58. The van der Waals surface area contributed by atoms with E-state index in [1.807, 2.05) is 19.1 Å². The predicted octanol–water partition coefficient (Wildman–Crippen LogP) is 1.93. The van der Waals surface area contributed by atoms with E-state index in [0.29, 0.717) is 6.10 Å². The lowest BCUT2D eigenvalue weighted by molar-refractivity contribution is 0.291. The monoisotopic (exact) mass is 149 g/mol. The van der Waals surface area contributed by atoms with Crippen molar-refractivity contribution >= 4 is 0 Å². The summed E-state index contributed by atoms with van der Waals surface area (Å²) in [5, 5.41) is 0. The number of ether oxygens (including phenoxy) is 1. The van der Waals surface area contributed by atoms with Crippen LogP contribution in [0.25, 0.3) is 0 Å². The third-order valence-electron chi connectivity index (χ3n) is 1.70. The molecule has 0 aliphatic heterocycles. The van der Waals surface area contributed by atoms with Gasteiger partial charge in [0.1, 0.15) is 6.10 Å². The second-order valence-corrected chi connectivity index (χ2v) is 2.99. The molecule has 1 aromatic heterocycles. The molecular weight excluding hydrogens is 138 g/mol. The van der Waals surface area contributed by atoms with Crippen molar-refractivity contribution in [3.8, 4) is 5.88 Å². The Morgan fingerprint density at radius 2 is 2.36 bits per heavy atom. The lowest BCUT2D eigenvalue weighted by Crippen LogP contribution is -1.97. The van der Waals surface area contributed by atoms with Crippen LogP contribution in [0.3, 0.4) is 0 Å². The highest BCUT2D eigenvalue weighted by atomic mass is 16.5. The molecule has 0 saturated heterocycles. The zero-order valence-corrected chi connectivity index (χ0v) is 6.58. The molecule has 0 spiro atoms. The van der Waals surface area contributed by atoms with Crippen molar-refractivity contribution in [2.75, 3.05) is 0 Å². The quantitative estimate of drug-likeness (QED) is 0.641. The van der Waals surface area contributed by atoms with E-state index in [0.717, 1.165) is 5.88 Å². The molecule has 58 valence electrons. The van der Waals surface area contributed by atoms with Crippen LogP contribution in [0.2, 0.25) is 0 Å². The van der Waals surface area contributed by atoms with Crippen molar-refractivity contribution in [2.24, 2.45) is 0 Å². The third-order valence-corrected chi connectivity index (χ3v) is 1.70. The van der Waals surface area contributed by atoms with Crippen LogP contribution in [0.5, 0.6) is 5.88 Å². The highest BCUT2D eigenvalue weighted by molar-refractivity contribution is 5.19. The first-order valence-corrected chi connectivity index (χ1v) is 3.94. The molecule has 1 saturated carbocycles.